The van der Waals surface area contributed by atoms with E-state index < -0.39 is 0 Å². The first-order valence-electron chi connectivity index (χ1n) is 5.31. The number of Topliss-reactive ketones (excluding diaryl/α,β-unsaturated/α-hetero) is 1. The van der Waals surface area contributed by atoms with E-state index in [1.807, 2.05) is 6.08 Å². The normalized spacial score (nSPS) is 26.9. The molecule has 0 aromatic rings. The topological polar surface area (TPSA) is 40.9 Å². The molecule has 0 aromatic heterocycles. The maximum atomic E-state index is 11.9. The number of hydrogen-bond acceptors (Lipinski definition) is 2. The Labute approximate surface area is 85.6 Å². The summed E-state index contributed by atoms with van der Waals surface area (Å²) in [7, 11) is 0. The van der Waals surface area contributed by atoms with Crippen LogP contribution in [-0.4, -0.2) is 5.78 Å². The first kappa shape index (κ1) is 11.0. The van der Waals surface area contributed by atoms with Crippen LogP contribution in [0.3, 0.4) is 0 Å². The van der Waals surface area contributed by atoms with E-state index in [1.54, 1.807) is 0 Å². The Kier molecular flexibility index (Phi) is 4.39. The van der Waals surface area contributed by atoms with Crippen molar-refractivity contribution < 1.29 is 4.79 Å². The number of ketones is 1. The van der Waals surface area contributed by atoms with Gasteiger partial charge in [0.1, 0.15) is 5.78 Å². The third kappa shape index (κ3) is 2.70. The summed E-state index contributed by atoms with van der Waals surface area (Å²) in [5, 5.41) is 8.47. The highest BCUT2D eigenvalue weighted by molar-refractivity contribution is 5.84. The van der Waals surface area contributed by atoms with Crippen molar-refractivity contribution in [2.24, 2.45) is 11.8 Å². The number of carbonyl (C=O) groups excluding carboxylic acids is 1. The molecule has 76 valence electrons. The van der Waals surface area contributed by atoms with Crippen LogP contribution in [-0.2, 0) is 4.79 Å². The van der Waals surface area contributed by atoms with E-state index in [0.29, 0.717) is 12.2 Å². The molecule has 2 nitrogen and oxygen atoms in total. The summed E-state index contributed by atoms with van der Waals surface area (Å²) in [6.07, 6.45) is 7.01. The molecule has 2 atom stereocenters. The lowest BCUT2D eigenvalue weighted by Gasteiger charge is -2.26. The molecular weight excluding hydrogens is 174 g/mol. The maximum absolute atomic E-state index is 11.9. The van der Waals surface area contributed by atoms with Gasteiger partial charge >= 0.3 is 0 Å². The quantitative estimate of drug-likeness (QED) is 0.641. The Morgan fingerprint density at radius 3 is 2.86 bits per heavy atom. The van der Waals surface area contributed by atoms with Gasteiger partial charge in [-0.2, -0.15) is 5.26 Å². The Morgan fingerprint density at radius 1 is 1.50 bits per heavy atom. The Balaban J connectivity index is 2.48. The van der Waals surface area contributed by atoms with E-state index in [4.69, 9.17) is 5.26 Å². The van der Waals surface area contributed by atoms with Gasteiger partial charge in [-0.15, -0.1) is 6.58 Å². The number of carbonyl (C=O) groups is 1. The van der Waals surface area contributed by atoms with E-state index in [1.165, 1.54) is 0 Å². The molecule has 1 aliphatic carbocycles. The third-order valence-electron chi connectivity index (χ3n) is 2.97. The average Bonchev–Trinajstić information content (AvgIpc) is 2.20. The van der Waals surface area contributed by atoms with Gasteiger partial charge in [0.15, 0.2) is 0 Å². The van der Waals surface area contributed by atoms with Crippen LogP contribution in [0.4, 0.5) is 0 Å². The molecule has 0 bridgehead atoms. The molecule has 1 aliphatic rings. The van der Waals surface area contributed by atoms with Crippen LogP contribution in [0.2, 0.25) is 0 Å². The molecular formula is C12H17NO. The molecule has 1 rings (SSSR count). The smallest absolute Gasteiger partial charge is 0.139 e. The average molecular weight is 191 g/mol. The molecule has 0 N–H and O–H groups in total. The van der Waals surface area contributed by atoms with Crippen molar-refractivity contribution in [2.45, 2.75) is 38.5 Å². The monoisotopic (exact) mass is 191 g/mol. The minimum atomic E-state index is 0.147. The highest BCUT2D eigenvalue weighted by Gasteiger charge is 2.29. The van der Waals surface area contributed by atoms with Crippen molar-refractivity contribution in [3.05, 3.63) is 12.7 Å². The summed E-state index contributed by atoms with van der Waals surface area (Å²) < 4.78 is 0. The number of hydrogen-bond donors (Lipinski definition) is 0. The van der Waals surface area contributed by atoms with Crippen LogP contribution in [0.15, 0.2) is 12.7 Å². The second-order valence-electron chi connectivity index (χ2n) is 3.95. The summed E-state index contributed by atoms with van der Waals surface area (Å²) in [6.45, 7) is 3.67. The van der Waals surface area contributed by atoms with Gasteiger partial charge in [0, 0.05) is 18.3 Å². The van der Waals surface area contributed by atoms with E-state index >= 15 is 0 Å². The summed E-state index contributed by atoms with van der Waals surface area (Å²) in [6, 6.07) is 2.11. The molecule has 2 heteroatoms. The Morgan fingerprint density at radius 2 is 2.21 bits per heavy atom. The van der Waals surface area contributed by atoms with Crippen molar-refractivity contribution >= 4 is 5.78 Å². The van der Waals surface area contributed by atoms with E-state index in [9.17, 15) is 4.79 Å². The minimum Gasteiger partial charge on any atom is -0.299 e. The summed E-state index contributed by atoms with van der Waals surface area (Å²) >= 11 is 0. The number of nitriles is 1. The van der Waals surface area contributed by atoms with Gasteiger partial charge in [-0.25, -0.2) is 0 Å². The highest BCUT2D eigenvalue weighted by Crippen LogP contribution is 2.30. The lowest BCUT2D eigenvalue weighted by Crippen LogP contribution is -2.28. The van der Waals surface area contributed by atoms with Gasteiger partial charge in [-0.3, -0.25) is 4.79 Å². The lowest BCUT2D eigenvalue weighted by molar-refractivity contribution is -0.129. The standard InChI is InChI=1S/C12H17NO/c1-2-5-10-6-3-7-11(12(10)14)8-4-9-13/h2,10-11H,1,3-8H2/t10?,11-/m0/s1. The molecule has 0 radical (unpaired) electrons. The molecule has 14 heavy (non-hydrogen) atoms. The second kappa shape index (κ2) is 5.59. The van der Waals surface area contributed by atoms with Crippen molar-refractivity contribution in [2.75, 3.05) is 0 Å². The molecule has 0 heterocycles. The van der Waals surface area contributed by atoms with Crippen molar-refractivity contribution in [3.8, 4) is 6.07 Å². The lowest BCUT2D eigenvalue weighted by atomic mass is 9.77. The molecule has 0 aromatic carbocycles. The van der Waals surface area contributed by atoms with Crippen LogP contribution in [0, 0.1) is 23.2 Å². The van der Waals surface area contributed by atoms with E-state index in [2.05, 4.69) is 12.6 Å². The summed E-state index contributed by atoms with van der Waals surface area (Å²) in [5.74, 6) is 0.699. The number of nitrogens with zero attached hydrogens (tertiary/aromatic N) is 1. The Hall–Kier alpha value is -1.10. The zero-order valence-corrected chi connectivity index (χ0v) is 8.54. The SMILES string of the molecule is C=CCC1CCC[C@@H](CCC#N)C1=O. The highest BCUT2D eigenvalue weighted by atomic mass is 16.1. The second-order valence-corrected chi connectivity index (χ2v) is 3.95. The van der Waals surface area contributed by atoms with Crippen LogP contribution >= 0.6 is 0 Å². The molecule has 0 saturated heterocycles. The van der Waals surface area contributed by atoms with Crippen LogP contribution in [0.5, 0.6) is 0 Å². The number of allylic oxidation sites excluding steroid dienone is 1. The van der Waals surface area contributed by atoms with Crippen molar-refractivity contribution in [3.63, 3.8) is 0 Å². The van der Waals surface area contributed by atoms with Gasteiger partial charge in [0.2, 0.25) is 0 Å². The maximum Gasteiger partial charge on any atom is 0.139 e. The fraction of sp³-hybridized carbons (Fsp3) is 0.667. The third-order valence-corrected chi connectivity index (χ3v) is 2.97. The molecule has 1 fully saturated rings. The Bertz CT molecular complexity index is 252. The van der Waals surface area contributed by atoms with Gasteiger partial charge < -0.3 is 0 Å². The van der Waals surface area contributed by atoms with Crippen molar-refractivity contribution in [1.29, 1.82) is 5.26 Å². The van der Waals surface area contributed by atoms with Gasteiger partial charge in [0.25, 0.3) is 0 Å². The molecule has 0 amide bonds. The zero-order valence-electron chi connectivity index (χ0n) is 8.54. The first-order chi connectivity index (χ1) is 6.79. The van der Waals surface area contributed by atoms with Crippen LogP contribution < -0.4 is 0 Å². The zero-order chi connectivity index (χ0) is 10.4. The van der Waals surface area contributed by atoms with Gasteiger partial charge in [-0.1, -0.05) is 12.5 Å². The van der Waals surface area contributed by atoms with Crippen molar-refractivity contribution in [1.82, 2.24) is 0 Å². The van der Waals surface area contributed by atoms with E-state index in [-0.39, 0.29) is 11.8 Å². The molecule has 1 unspecified atom stereocenters. The largest absolute Gasteiger partial charge is 0.299 e. The molecule has 1 saturated carbocycles. The predicted molar refractivity (Wildman–Crippen MR) is 55.5 cm³/mol. The van der Waals surface area contributed by atoms with E-state index in [0.717, 1.165) is 32.1 Å². The fourth-order valence-electron chi connectivity index (χ4n) is 2.19. The fourth-order valence-corrected chi connectivity index (χ4v) is 2.19. The van der Waals surface area contributed by atoms with Gasteiger partial charge in [-0.05, 0) is 25.7 Å². The summed E-state index contributed by atoms with van der Waals surface area (Å²) in [4.78, 5) is 11.9. The van der Waals surface area contributed by atoms with Crippen LogP contribution in [0.25, 0.3) is 0 Å². The predicted octanol–water partition coefficient (Wildman–Crippen LogP) is 2.85. The first-order valence-corrected chi connectivity index (χ1v) is 5.31. The number of rotatable bonds is 4. The molecule has 0 spiro atoms. The molecule has 0 aliphatic heterocycles. The van der Waals surface area contributed by atoms with Gasteiger partial charge in [0.05, 0.1) is 6.07 Å². The minimum absolute atomic E-state index is 0.147. The van der Waals surface area contributed by atoms with Crippen LogP contribution in [0.1, 0.15) is 38.5 Å². The summed E-state index contributed by atoms with van der Waals surface area (Å²) in [5.41, 5.74) is 0.